The van der Waals surface area contributed by atoms with E-state index in [4.69, 9.17) is 0 Å². The molecule has 2 aromatic carbocycles. The van der Waals surface area contributed by atoms with Gasteiger partial charge in [-0.2, -0.15) is 0 Å². The minimum absolute atomic E-state index is 0.0253. The third-order valence-electron chi connectivity index (χ3n) is 2.44. The summed E-state index contributed by atoms with van der Waals surface area (Å²) in [5, 5.41) is 30.5. The summed E-state index contributed by atoms with van der Waals surface area (Å²) in [5.74, 6) is -2.31. The van der Waals surface area contributed by atoms with E-state index in [9.17, 15) is 20.1 Å². The maximum Gasteiger partial charge on any atom is 0.255 e. The van der Waals surface area contributed by atoms with Crippen LogP contribution in [0.1, 0.15) is 10.4 Å². The van der Waals surface area contributed by atoms with Crippen LogP contribution in [0.3, 0.4) is 0 Å². The van der Waals surface area contributed by atoms with Crippen LogP contribution in [0.2, 0.25) is 0 Å². The van der Waals surface area contributed by atoms with Crippen molar-refractivity contribution in [2.24, 2.45) is 0 Å². The largest absolute Gasteiger partial charge is 0.504 e. The van der Waals surface area contributed by atoms with E-state index in [1.54, 1.807) is 24.3 Å². The first-order valence-electron chi connectivity index (χ1n) is 5.32. The molecular weight excluding hydrogens is 266 g/mol. The van der Waals surface area contributed by atoms with Gasteiger partial charge in [-0.25, -0.2) is 0 Å². The summed E-state index contributed by atoms with van der Waals surface area (Å²) in [6, 6.07) is 8.95. The molecule has 0 fully saturated rings. The minimum atomic E-state index is -0.658. The number of phenolic OH excluding ortho intramolecular Hbond substituents is 3. The number of thiol groups is 1. The van der Waals surface area contributed by atoms with Crippen LogP contribution in [0.5, 0.6) is 17.2 Å². The number of rotatable bonds is 2. The molecule has 0 radical (unpaired) electrons. The SMILES string of the molecule is O=C(Nc1cccc(S)c1)c1cc(O)c(O)c(O)c1. The number of amides is 1. The maximum absolute atomic E-state index is 11.9. The lowest BCUT2D eigenvalue weighted by Gasteiger charge is -2.08. The van der Waals surface area contributed by atoms with Gasteiger partial charge in [-0.05, 0) is 30.3 Å². The van der Waals surface area contributed by atoms with Gasteiger partial charge < -0.3 is 20.6 Å². The molecule has 98 valence electrons. The molecule has 0 aromatic heterocycles. The van der Waals surface area contributed by atoms with Crippen molar-refractivity contribution in [2.45, 2.75) is 4.90 Å². The number of carbonyl (C=O) groups is 1. The molecule has 0 saturated carbocycles. The van der Waals surface area contributed by atoms with Gasteiger partial charge in [0.05, 0.1) is 0 Å². The topological polar surface area (TPSA) is 89.8 Å². The highest BCUT2D eigenvalue weighted by Crippen LogP contribution is 2.35. The lowest BCUT2D eigenvalue weighted by molar-refractivity contribution is 0.102. The number of aromatic hydroxyl groups is 3. The van der Waals surface area contributed by atoms with Gasteiger partial charge in [0.25, 0.3) is 5.91 Å². The first-order valence-corrected chi connectivity index (χ1v) is 5.77. The van der Waals surface area contributed by atoms with Crippen molar-refractivity contribution >= 4 is 24.2 Å². The van der Waals surface area contributed by atoms with Crippen LogP contribution in [0, 0.1) is 0 Å². The van der Waals surface area contributed by atoms with Crippen molar-refractivity contribution < 1.29 is 20.1 Å². The average Bonchev–Trinajstić information content (AvgIpc) is 2.35. The van der Waals surface area contributed by atoms with Crippen molar-refractivity contribution in [3.05, 3.63) is 42.0 Å². The molecule has 6 heteroatoms. The summed E-state index contributed by atoms with van der Waals surface area (Å²) in [4.78, 5) is 12.6. The molecule has 0 aliphatic carbocycles. The summed E-state index contributed by atoms with van der Waals surface area (Å²) in [6.07, 6.45) is 0. The van der Waals surface area contributed by atoms with E-state index in [0.717, 1.165) is 12.1 Å². The Bertz CT molecular complexity index is 619. The maximum atomic E-state index is 11.9. The minimum Gasteiger partial charge on any atom is -0.504 e. The molecule has 2 aromatic rings. The van der Waals surface area contributed by atoms with Crippen LogP contribution in [-0.2, 0) is 0 Å². The lowest BCUT2D eigenvalue weighted by atomic mass is 10.1. The highest BCUT2D eigenvalue weighted by Gasteiger charge is 2.13. The molecule has 0 heterocycles. The van der Waals surface area contributed by atoms with Crippen LogP contribution in [0.15, 0.2) is 41.3 Å². The average molecular weight is 277 g/mol. The summed E-state index contributed by atoms with van der Waals surface area (Å²) < 4.78 is 0. The Morgan fingerprint density at radius 2 is 1.68 bits per heavy atom. The van der Waals surface area contributed by atoms with Crippen LogP contribution in [0.25, 0.3) is 0 Å². The predicted molar refractivity (Wildman–Crippen MR) is 73.1 cm³/mol. The van der Waals surface area contributed by atoms with Crippen LogP contribution in [-0.4, -0.2) is 21.2 Å². The fourth-order valence-corrected chi connectivity index (χ4v) is 1.75. The second-order valence-corrected chi connectivity index (χ2v) is 4.38. The molecule has 2 rings (SSSR count). The van der Waals surface area contributed by atoms with E-state index in [0.29, 0.717) is 10.6 Å². The molecular formula is C13H11NO4S. The highest BCUT2D eigenvalue weighted by molar-refractivity contribution is 7.80. The van der Waals surface area contributed by atoms with Gasteiger partial charge in [-0.15, -0.1) is 12.6 Å². The van der Waals surface area contributed by atoms with Crippen molar-refractivity contribution in [3.63, 3.8) is 0 Å². The van der Waals surface area contributed by atoms with Crippen molar-refractivity contribution in [3.8, 4) is 17.2 Å². The fraction of sp³-hybridized carbons (Fsp3) is 0. The monoisotopic (exact) mass is 277 g/mol. The third-order valence-corrected chi connectivity index (χ3v) is 2.71. The summed E-state index contributed by atoms with van der Waals surface area (Å²) in [5.41, 5.74) is 0.557. The summed E-state index contributed by atoms with van der Waals surface area (Å²) in [7, 11) is 0. The zero-order valence-corrected chi connectivity index (χ0v) is 10.6. The Labute approximate surface area is 114 Å². The molecule has 0 bridgehead atoms. The zero-order chi connectivity index (χ0) is 14.0. The molecule has 4 N–H and O–H groups in total. The van der Waals surface area contributed by atoms with Gasteiger partial charge in [-0.1, -0.05) is 6.07 Å². The number of nitrogens with one attached hydrogen (secondary N) is 1. The Morgan fingerprint density at radius 1 is 1.05 bits per heavy atom. The molecule has 1 amide bonds. The van der Waals surface area contributed by atoms with E-state index in [1.807, 2.05) is 0 Å². The second-order valence-electron chi connectivity index (χ2n) is 3.87. The smallest absolute Gasteiger partial charge is 0.255 e. The van der Waals surface area contributed by atoms with Crippen LogP contribution < -0.4 is 5.32 Å². The van der Waals surface area contributed by atoms with E-state index in [-0.39, 0.29) is 5.56 Å². The van der Waals surface area contributed by atoms with E-state index in [2.05, 4.69) is 17.9 Å². The molecule has 19 heavy (non-hydrogen) atoms. The van der Waals surface area contributed by atoms with Gasteiger partial charge in [0, 0.05) is 16.1 Å². The number of hydrogen-bond acceptors (Lipinski definition) is 5. The number of hydrogen-bond donors (Lipinski definition) is 5. The fourth-order valence-electron chi connectivity index (χ4n) is 1.52. The van der Waals surface area contributed by atoms with Gasteiger partial charge >= 0.3 is 0 Å². The van der Waals surface area contributed by atoms with E-state index >= 15 is 0 Å². The van der Waals surface area contributed by atoms with Crippen LogP contribution in [0.4, 0.5) is 5.69 Å². The Kier molecular flexibility index (Phi) is 3.52. The molecule has 0 unspecified atom stereocenters. The lowest BCUT2D eigenvalue weighted by Crippen LogP contribution is -2.11. The van der Waals surface area contributed by atoms with Crippen molar-refractivity contribution in [2.75, 3.05) is 5.32 Å². The molecule has 0 spiro atoms. The van der Waals surface area contributed by atoms with Crippen molar-refractivity contribution in [1.29, 1.82) is 0 Å². The van der Waals surface area contributed by atoms with Crippen LogP contribution >= 0.6 is 12.6 Å². The second kappa shape index (κ2) is 5.11. The molecule has 0 saturated heterocycles. The number of carbonyl (C=O) groups excluding carboxylic acids is 1. The Morgan fingerprint density at radius 3 is 2.26 bits per heavy atom. The zero-order valence-electron chi connectivity index (χ0n) is 9.66. The number of benzene rings is 2. The molecule has 0 aliphatic heterocycles. The third kappa shape index (κ3) is 2.92. The first kappa shape index (κ1) is 13.1. The first-order chi connectivity index (χ1) is 8.97. The standard InChI is InChI=1S/C13H11NO4S/c15-10-4-7(5-11(16)12(10)17)13(18)14-8-2-1-3-9(19)6-8/h1-6,15-17,19H,(H,14,18). The molecule has 0 atom stereocenters. The van der Waals surface area contributed by atoms with E-state index < -0.39 is 23.2 Å². The molecule has 0 aliphatic rings. The summed E-state index contributed by atoms with van der Waals surface area (Å²) >= 11 is 4.15. The summed E-state index contributed by atoms with van der Waals surface area (Å²) in [6.45, 7) is 0. The number of phenols is 3. The Hall–Kier alpha value is -2.34. The van der Waals surface area contributed by atoms with Gasteiger partial charge in [0.2, 0.25) is 0 Å². The number of anilines is 1. The van der Waals surface area contributed by atoms with Gasteiger partial charge in [-0.3, -0.25) is 4.79 Å². The van der Waals surface area contributed by atoms with Gasteiger partial charge in [0.15, 0.2) is 17.2 Å². The Balaban J connectivity index is 2.25. The van der Waals surface area contributed by atoms with Crippen molar-refractivity contribution in [1.82, 2.24) is 0 Å². The van der Waals surface area contributed by atoms with Gasteiger partial charge in [0.1, 0.15) is 0 Å². The predicted octanol–water partition coefficient (Wildman–Crippen LogP) is 2.34. The molecule has 5 nitrogen and oxygen atoms in total. The quantitative estimate of drug-likeness (QED) is 0.430. The highest BCUT2D eigenvalue weighted by atomic mass is 32.1. The normalized spacial score (nSPS) is 10.2. The van der Waals surface area contributed by atoms with E-state index in [1.165, 1.54) is 0 Å².